The molecule has 1 aromatic carbocycles. The van der Waals surface area contributed by atoms with Crippen LogP contribution in [0.5, 0.6) is 0 Å². The maximum atomic E-state index is 11.3. The first-order valence-corrected chi connectivity index (χ1v) is 6.85. The molecule has 1 saturated heterocycles. The minimum absolute atomic E-state index is 0.276. The van der Waals surface area contributed by atoms with Crippen LogP contribution in [0.2, 0.25) is 0 Å². The Labute approximate surface area is 113 Å². The number of likely N-dealkylation sites (tertiary alicyclic amines) is 1. The highest BCUT2D eigenvalue weighted by molar-refractivity contribution is 5.79. The summed E-state index contributed by atoms with van der Waals surface area (Å²) < 4.78 is 0. The molecule has 0 N–H and O–H groups in total. The third-order valence-electron chi connectivity index (χ3n) is 3.95. The summed E-state index contributed by atoms with van der Waals surface area (Å²) in [4.78, 5) is 18.4. The number of carbonyl (C=O) groups is 1. The second-order valence-corrected chi connectivity index (χ2v) is 5.18. The number of para-hydroxylation sites is 1. The fourth-order valence-corrected chi connectivity index (χ4v) is 2.66. The van der Waals surface area contributed by atoms with Gasteiger partial charge in [0.1, 0.15) is 5.78 Å². The van der Waals surface area contributed by atoms with Crippen LogP contribution in [-0.2, 0) is 4.79 Å². The number of piperidine rings is 1. The molecule has 0 amide bonds. The summed E-state index contributed by atoms with van der Waals surface area (Å²) in [7, 11) is 0. The van der Waals surface area contributed by atoms with Gasteiger partial charge in [-0.2, -0.15) is 0 Å². The lowest BCUT2D eigenvalue weighted by atomic mass is 10.1. The van der Waals surface area contributed by atoms with E-state index < -0.39 is 0 Å². The first-order chi connectivity index (χ1) is 9.24. The van der Waals surface area contributed by atoms with Crippen LogP contribution in [0.25, 0.3) is 10.9 Å². The van der Waals surface area contributed by atoms with E-state index in [1.165, 1.54) is 5.39 Å². The molecule has 2 heterocycles. The third-order valence-corrected chi connectivity index (χ3v) is 3.95. The molecule has 1 aliphatic heterocycles. The number of fused-ring (bicyclic) bond motifs is 1. The number of nitrogens with zero attached hydrogens (tertiary/aromatic N) is 2. The first kappa shape index (κ1) is 12.3. The molecule has 19 heavy (non-hydrogen) atoms. The smallest absolute Gasteiger partial charge is 0.135 e. The average Bonchev–Trinajstić information content (AvgIpc) is 2.47. The summed E-state index contributed by atoms with van der Waals surface area (Å²) in [6, 6.07) is 12.7. The Morgan fingerprint density at radius 3 is 2.63 bits per heavy atom. The summed E-state index contributed by atoms with van der Waals surface area (Å²) in [5, 5.41) is 1.17. The molecule has 0 saturated carbocycles. The van der Waals surface area contributed by atoms with Gasteiger partial charge in [-0.25, -0.2) is 0 Å². The van der Waals surface area contributed by atoms with Crippen molar-refractivity contribution >= 4 is 16.7 Å². The molecule has 1 fully saturated rings. The van der Waals surface area contributed by atoms with Crippen molar-refractivity contribution in [1.82, 2.24) is 9.88 Å². The SMILES string of the molecule is CC(c1ccc2ccccc2n1)N1CCC(=O)CC1. The summed E-state index contributed by atoms with van der Waals surface area (Å²) in [6.45, 7) is 3.88. The van der Waals surface area contributed by atoms with Crippen LogP contribution in [0.4, 0.5) is 0 Å². The van der Waals surface area contributed by atoms with E-state index in [9.17, 15) is 4.79 Å². The number of pyridine rings is 1. The molecule has 1 unspecified atom stereocenters. The van der Waals surface area contributed by atoms with Gasteiger partial charge in [-0.1, -0.05) is 24.3 Å². The highest BCUT2D eigenvalue weighted by Crippen LogP contribution is 2.23. The Bertz CT molecular complexity index is 598. The van der Waals surface area contributed by atoms with E-state index in [1.54, 1.807) is 0 Å². The van der Waals surface area contributed by atoms with Crippen molar-refractivity contribution in [1.29, 1.82) is 0 Å². The van der Waals surface area contributed by atoms with Crippen LogP contribution in [-0.4, -0.2) is 28.8 Å². The van der Waals surface area contributed by atoms with E-state index in [-0.39, 0.29) is 6.04 Å². The fourth-order valence-electron chi connectivity index (χ4n) is 2.66. The van der Waals surface area contributed by atoms with Gasteiger partial charge < -0.3 is 0 Å². The zero-order chi connectivity index (χ0) is 13.2. The molecular weight excluding hydrogens is 236 g/mol. The zero-order valence-corrected chi connectivity index (χ0v) is 11.2. The van der Waals surface area contributed by atoms with Crippen molar-refractivity contribution in [3.05, 3.63) is 42.1 Å². The topological polar surface area (TPSA) is 33.2 Å². The largest absolute Gasteiger partial charge is 0.300 e. The highest BCUT2D eigenvalue weighted by atomic mass is 16.1. The van der Waals surface area contributed by atoms with Gasteiger partial charge in [-0.15, -0.1) is 0 Å². The Balaban J connectivity index is 1.84. The molecule has 0 spiro atoms. The molecule has 3 heteroatoms. The molecular formula is C16H18N2O. The van der Waals surface area contributed by atoms with Crippen LogP contribution in [0.15, 0.2) is 36.4 Å². The number of hydrogen-bond acceptors (Lipinski definition) is 3. The Morgan fingerprint density at radius 2 is 1.84 bits per heavy atom. The molecule has 3 rings (SSSR count). The summed E-state index contributed by atoms with van der Waals surface area (Å²) >= 11 is 0. The maximum Gasteiger partial charge on any atom is 0.135 e. The van der Waals surface area contributed by atoms with Crippen LogP contribution in [0.1, 0.15) is 31.5 Å². The minimum Gasteiger partial charge on any atom is -0.300 e. The average molecular weight is 254 g/mol. The van der Waals surface area contributed by atoms with Crippen molar-refractivity contribution in [3.63, 3.8) is 0 Å². The molecule has 0 bridgehead atoms. The summed E-state index contributed by atoms with van der Waals surface area (Å²) in [6.07, 6.45) is 1.36. The molecule has 0 aliphatic carbocycles. The minimum atomic E-state index is 0.276. The summed E-state index contributed by atoms with van der Waals surface area (Å²) in [5.74, 6) is 0.384. The molecule has 98 valence electrons. The second-order valence-electron chi connectivity index (χ2n) is 5.18. The first-order valence-electron chi connectivity index (χ1n) is 6.85. The quantitative estimate of drug-likeness (QED) is 0.826. The molecule has 1 atom stereocenters. The van der Waals surface area contributed by atoms with Gasteiger partial charge in [0.25, 0.3) is 0 Å². The number of aromatic nitrogens is 1. The Kier molecular flexibility index (Phi) is 3.30. The third kappa shape index (κ3) is 2.51. The maximum absolute atomic E-state index is 11.3. The van der Waals surface area contributed by atoms with Crippen molar-refractivity contribution < 1.29 is 4.79 Å². The lowest BCUT2D eigenvalue weighted by molar-refractivity contribution is -0.121. The number of hydrogen-bond donors (Lipinski definition) is 0. The van der Waals surface area contributed by atoms with Crippen LogP contribution < -0.4 is 0 Å². The van der Waals surface area contributed by atoms with Crippen molar-refractivity contribution in [2.24, 2.45) is 0 Å². The number of Topliss-reactive ketones (excluding diaryl/α,β-unsaturated/α-hetero) is 1. The highest BCUT2D eigenvalue weighted by Gasteiger charge is 2.22. The molecule has 0 radical (unpaired) electrons. The van der Waals surface area contributed by atoms with Gasteiger partial charge in [0.2, 0.25) is 0 Å². The number of benzene rings is 1. The number of ketones is 1. The van der Waals surface area contributed by atoms with Crippen molar-refractivity contribution in [3.8, 4) is 0 Å². The lowest BCUT2D eigenvalue weighted by Crippen LogP contribution is -2.36. The van der Waals surface area contributed by atoms with Crippen molar-refractivity contribution in [2.75, 3.05) is 13.1 Å². The second kappa shape index (κ2) is 5.10. The molecule has 1 aliphatic rings. The zero-order valence-electron chi connectivity index (χ0n) is 11.2. The fraction of sp³-hybridized carbons (Fsp3) is 0.375. The monoisotopic (exact) mass is 254 g/mol. The van der Waals surface area contributed by atoms with E-state index in [0.29, 0.717) is 18.6 Å². The van der Waals surface area contributed by atoms with Gasteiger partial charge in [0.15, 0.2) is 0 Å². The Morgan fingerprint density at radius 1 is 1.11 bits per heavy atom. The van der Waals surface area contributed by atoms with Crippen LogP contribution >= 0.6 is 0 Å². The van der Waals surface area contributed by atoms with E-state index in [2.05, 4.69) is 30.0 Å². The molecule has 3 nitrogen and oxygen atoms in total. The predicted octanol–water partition coefficient (Wildman–Crippen LogP) is 2.96. The molecule has 1 aromatic heterocycles. The number of carbonyl (C=O) groups excluding carboxylic acids is 1. The van der Waals surface area contributed by atoms with E-state index in [0.717, 1.165) is 24.3 Å². The van der Waals surface area contributed by atoms with Gasteiger partial charge in [0, 0.05) is 37.4 Å². The summed E-state index contributed by atoms with van der Waals surface area (Å²) in [5.41, 5.74) is 2.13. The van der Waals surface area contributed by atoms with E-state index in [1.807, 2.05) is 18.2 Å². The normalized spacial score (nSPS) is 18.7. The lowest BCUT2D eigenvalue weighted by Gasteiger charge is -2.31. The van der Waals surface area contributed by atoms with Gasteiger partial charge in [0.05, 0.1) is 11.2 Å². The standard InChI is InChI=1S/C16H18N2O/c1-12(18-10-8-14(19)9-11-18)15-7-6-13-4-2-3-5-16(13)17-15/h2-7,12H,8-11H2,1H3. The number of rotatable bonds is 2. The van der Waals surface area contributed by atoms with Crippen LogP contribution in [0, 0.1) is 0 Å². The molecule has 2 aromatic rings. The van der Waals surface area contributed by atoms with Crippen molar-refractivity contribution in [2.45, 2.75) is 25.8 Å². The Hall–Kier alpha value is -1.74. The van der Waals surface area contributed by atoms with E-state index in [4.69, 9.17) is 4.98 Å². The van der Waals surface area contributed by atoms with Gasteiger partial charge in [-0.05, 0) is 19.1 Å². The van der Waals surface area contributed by atoms with Crippen LogP contribution in [0.3, 0.4) is 0 Å². The van der Waals surface area contributed by atoms with Gasteiger partial charge >= 0.3 is 0 Å². The predicted molar refractivity (Wildman–Crippen MR) is 76.0 cm³/mol. The van der Waals surface area contributed by atoms with E-state index >= 15 is 0 Å². The van der Waals surface area contributed by atoms with Gasteiger partial charge in [-0.3, -0.25) is 14.7 Å².